The molecule has 4 rings (SSSR count). The van der Waals surface area contributed by atoms with Gasteiger partial charge < -0.3 is 24.8 Å². The van der Waals surface area contributed by atoms with Crippen molar-refractivity contribution in [2.75, 3.05) is 32.9 Å². The van der Waals surface area contributed by atoms with Gasteiger partial charge in [-0.3, -0.25) is 9.59 Å². The van der Waals surface area contributed by atoms with Crippen molar-refractivity contribution in [1.82, 2.24) is 10.2 Å². The van der Waals surface area contributed by atoms with Crippen molar-refractivity contribution in [1.29, 1.82) is 0 Å². The van der Waals surface area contributed by atoms with E-state index in [1.807, 2.05) is 31.2 Å². The van der Waals surface area contributed by atoms with E-state index >= 15 is 0 Å². The van der Waals surface area contributed by atoms with E-state index in [2.05, 4.69) is 29.6 Å². The zero-order chi connectivity index (χ0) is 25.0. The number of ether oxygens (including phenoxy) is 2. The Morgan fingerprint density at radius 1 is 1.11 bits per heavy atom. The van der Waals surface area contributed by atoms with Crippen molar-refractivity contribution in [3.63, 3.8) is 0 Å². The monoisotopic (exact) mass is 480 g/mol. The number of alkyl carbamates (subject to hydrolysis) is 1. The van der Waals surface area contributed by atoms with Gasteiger partial charge in [0.05, 0.1) is 24.7 Å². The molecule has 0 aromatic heterocycles. The standard InChI is InChI=1S/C27H32N2O6/c1-3-29(14-8-13-24(30)31)25(32)27(2)17-34-16-23(27)28-26(33)35-15-22-20-11-6-4-9-18(20)19-10-5-7-12-21(19)22/h4-7,9-12,22-23H,3,8,13-17H2,1-2H3,(H,28,33)(H,30,31). The molecular weight excluding hydrogens is 448 g/mol. The summed E-state index contributed by atoms with van der Waals surface area (Å²) in [6.45, 7) is 4.99. The maximum absolute atomic E-state index is 13.3. The van der Waals surface area contributed by atoms with Crippen molar-refractivity contribution in [2.45, 2.75) is 38.6 Å². The molecule has 1 aliphatic carbocycles. The van der Waals surface area contributed by atoms with E-state index in [1.165, 1.54) is 0 Å². The minimum Gasteiger partial charge on any atom is -0.481 e. The highest BCUT2D eigenvalue weighted by molar-refractivity contribution is 5.85. The van der Waals surface area contributed by atoms with E-state index in [1.54, 1.807) is 11.8 Å². The van der Waals surface area contributed by atoms with Gasteiger partial charge in [-0.15, -0.1) is 0 Å². The van der Waals surface area contributed by atoms with Crippen molar-refractivity contribution in [2.24, 2.45) is 5.41 Å². The normalized spacial score (nSPS) is 20.7. The highest BCUT2D eigenvalue weighted by atomic mass is 16.5. The number of nitrogens with zero attached hydrogens (tertiary/aromatic N) is 1. The maximum atomic E-state index is 13.3. The number of benzene rings is 2. The third-order valence-corrected chi connectivity index (χ3v) is 7.07. The lowest BCUT2D eigenvalue weighted by atomic mass is 9.83. The summed E-state index contributed by atoms with van der Waals surface area (Å²) in [5.41, 5.74) is 3.62. The topological polar surface area (TPSA) is 105 Å². The maximum Gasteiger partial charge on any atom is 0.407 e. The van der Waals surface area contributed by atoms with Crippen molar-refractivity contribution >= 4 is 18.0 Å². The number of amides is 2. The second-order valence-electron chi connectivity index (χ2n) is 9.34. The van der Waals surface area contributed by atoms with Crippen LogP contribution in [0, 0.1) is 5.41 Å². The number of aliphatic carboxylic acids is 1. The molecule has 0 saturated carbocycles. The molecule has 8 heteroatoms. The molecule has 2 aromatic rings. The number of carbonyl (C=O) groups is 3. The first kappa shape index (κ1) is 24.7. The molecule has 0 bridgehead atoms. The van der Waals surface area contributed by atoms with Gasteiger partial charge in [-0.1, -0.05) is 48.5 Å². The smallest absolute Gasteiger partial charge is 0.407 e. The van der Waals surface area contributed by atoms with Crippen LogP contribution in [0.15, 0.2) is 48.5 Å². The van der Waals surface area contributed by atoms with E-state index in [0.717, 1.165) is 22.3 Å². The zero-order valence-corrected chi connectivity index (χ0v) is 20.2. The van der Waals surface area contributed by atoms with Gasteiger partial charge in [0.25, 0.3) is 0 Å². The van der Waals surface area contributed by atoms with Crippen molar-refractivity contribution < 1.29 is 29.0 Å². The molecule has 8 nitrogen and oxygen atoms in total. The van der Waals surface area contributed by atoms with Gasteiger partial charge in [-0.05, 0) is 42.5 Å². The summed E-state index contributed by atoms with van der Waals surface area (Å²) in [6.07, 6.45) is -0.218. The van der Waals surface area contributed by atoms with Crippen LogP contribution in [-0.2, 0) is 19.1 Å². The summed E-state index contributed by atoms with van der Waals surface area (Å²) in [6, 6.07) is 15.7. The molecule has 2 amide bonds. The van der Waals surface area contributed by atoms with Crippen molar-refractivity contribution in [3.8, 4) is 11.1 Å². The van der Waals surface area contributed by atoms with Crippen LogP contribution in [0.2, 0.25) is 0 Å². The summed E-state index contributed by atoms with van der Waals surface area (Å²) in [5, 5.41) is 11.7. The number of nitrogens with one attached hydrogen (secondary N) is 1. The molecule has 1 saturated heterocycles. The summed E-state index contributed by atoms with van der Waals surface area (Å²) in [5.74, 6) is -1.10. The quantitative estimate of drug-likeness (QED) is 0.568. The fourth-order valence-electron chi connectivity index (χ4n) is 5.05. The van der Waals surface area contributed by atoms with Gasteiger partial charge in [0.15, 0.2) is 0 Å². The Hall–Kier alpha value is -3.39. The Labute approximate surface area is 205 Å². The first-order valence-corrected chi connectivity index (χ1v) is 12.1. The minimum absolute atomic E-state index is 0.00156. The third kappa shape index (κ3) is 5.03. The Kier molecular flexibility index (Phi) is 7.40. The van der Waals surface area contributed by atoms with Gasteiger partial charge in [0, 0.05) is 25.4 Å². The average molecular weight is 481 g/mol. The van der Waals surface area contributed by atoms with Gasteiger partial charge >= 0.3 is 12.1 Å². The third-order valence-electron chi connectivity index (χ3n) is 7.07. The predicted octanol–water partition coefficient (Wildman–Crippen LogP) is 3.64. The van der Waals surface area contributed by atoms with Gasteiger partial charge in [-0.25, -0.2) is 4.79 Å². The number of rotatable bonds is 9. The molecule has 2 aromatic carbocycles. The van der Waals surface area contributed by atoms with Crippen LogP contribution >= 0.6 is 0 Å². The molecule has 0 spiro atoms. The molecule has 35 heavy (non-hydrogen) atoms. The number of hydrogen-bond acceptors (Lipinski definition) is 5. The molecule has 2 aliphatic rings. The van der Waals surface area contributed by atoms with E-state index in [-0.39, 0.29) is 38.1 Å². The van der Waals surface area contributed by atoms with Crippen LogP contribution in [0.4, 0.5) is 4.79 Å². The summed E-state index contributed by atoms with van der Waals surface area (Å²) in [4.78, 5) is 38.6. The fourth-order valence-corrected chi connectivity index (χ4v) is 5.05. The predicted molar refractivity (Wildman–Crippen MR) is 130 cm³/mol. The number of fused-ring (bicyclic) bond motifs is 3. The van der Waals surface area contributed by atoms with Crippen LogP contribution in [0.3, 0.4) is 0 Å². The van der Waals surface area contributed by atoms with Gasteiger partial charge in [0.2, 0.25) is 5.91 Å². The SMILES string of the molecule is CCN(CCCC(=O)O)C(=O)C1(C)COCC1NC(=O)OCC1c2ccccc2-c2ccccc21. The minimum atomic E-state index is -0.954. The number of hydrogen-bond donors (Lipinski definition) is 2. The molecule has 1 fully saturated rings. The van der Waals surface area contributed by atoms with Crippen LogP contribution in [0.25, 0.3) is 11.1 Å². The first-order chi connectivity index (χ1) is 16.8. The van der Waals surface area contributed by atoms with Crippen LogP contribution in [-0.4, -0.2) is 66.9 Å². The first-order valence-electron chi connectivity index (χ1n) is 12.1. The average Bonchev–Trinajstić information content (AvgIpc) is 3.38. The van der Waals surface area contributed by atoms with Gasteiger partial charge in [-0.2, -0.15) is 0 Å². The second kappa shape index (κ2) is 10.5. The lowest BCUT2D eigenvalue weighted by molar-refractivity contribution is -0.143. The van der Waals surface area contributed by atoms with E-state index < -0.39 is 23.5 Å². The number of carboxylic acids is 1. The Morgan fingerprint density at radius 3 is 2.34 bits per heavy atom. The van der Waals surface area contributed by atoms with Crippen molar-refractivity contribution in [3.05, 3.63) is 59.7 Å². The highest BCUT2D eigenvalue weighted by Crippen LogP contribution is 2.44. The summed E-state index contributed by atoms with van der Waals surface area (Å²) >= 11 is 0. The summed E-state index contributed by atoms with van der Waals surface area (Å²) in [7, 11) is 0. The number of carboxylic acid groups (broad SMARTS) is 1. The summed E-state index contributed by atoms with van der Waals surface area (Å²) < 4.78 is 11.2. The Balaban J connectivity index is 1.39. The van der Waals surface area contributed by atoms with Crippen LogP contribution in [0.1, 0.15) is 43.7 Å². The molecule has 0 radical (unpaired) electrons. The number of carbonyl (C=O) groups excluding carboxylic acids is 2. The molecule has 2 N–H and O–H groups in total. The zero-order valence-electron chi connectivity index (χ0n) is 20.2. The molecule has 1 aliphatic heterocycles. The molecule has 2 unspecified atom stereocenters. The van der Waals surface area contributed by atoms with E-state index in [4.69, 9.17) is 14.6 Å². The lowest BCUT2D eigenvalue weighted by Crippen LogP contribution is -2.54. The van der Waals surface area contributed by atoms with E-state index in [9.17, 15) is 14.4 Å². The second-order valence-corrected chi connectivity index (χ2v) is 9.34. The Morgan fingerprint density at radius 2 is 1.74 bits per heavy atom. The van der Waals surface area contributed by atoms with Crippen LogP contribution in [0.5, 0.6) is 0 Å². The molecule has 186 valence electrons. The van der Waals surface area contributed by atoms with Gasteiger partial charge in [0.1, 0.15) is 6.61 Å². The highest BCUT2D eigenvalue weighted by Gasteiger charge is 2.49. The molecule has 1 heterocycles. The van der Waals surface area contributed by atoms with Crippen LogP contribution < -0.4 is 5.32 Å². The lowest BCUT2D eigenvalue weighted by Gasteiger charge is -2.34. The Bertz CT molecular complexity index is 1060. The molecular formula is C27H32N2O6. The van der Waals surface area contributed by atoms with E-state index in [0.29, 0.717) is 19.5 Å². The fraction of sp³-hybridized carbons (Fsp3) is 0.444. The largest absolute Gasteiger partial charge is 0.481 e. The molecule has 2 atom stereocenters.